The van der Waals surface area contributed by atoms with Crippen LogP contribution in [0.15, 0.2) is 0 Å². The number of aliphatic hydroxyl groups is 3. The highest BCUT2D eigenvalue weighted by Crippen LogP contribution is 2.26. The molecule has 1 rings (SSSR count). The average molecular weight is 488 g/mol. The zero-order valence-corrected chi connectivity index (χ0v) is 21.4. The number of nitrogens with one attached hydrogen (secondary N) is 2. The molecule has 11 nitrogen and oxygen atoms in total. The second-order valence-electron chi connectivity index (χ2n) is 10.7. The monoisotopic (exact) mass is 487 g/mol. The summed E-state index contributed by atoms with van der Waals surface area (Å²) in [5, 5.41) is 36.5. The number of hydrogen-bond donors (Lipinski definition) is 7. The van der Waals surface area contributed by atoms with Crippen molar-refractivity contribution >= 4 is 17.7 Å². The van der Waals surface area contributed by atoms with E-state index < -0.39 is 53.9 Å². The number of nitrogens with zero attached hydrogens (tertiary/aromatic N) is 1. The predicted molar refractivity (Wildman–Crippen MR) is 128 cm³/mol. The summed E-state index contributed by atoms with van der Waals surface area (Å²) in [7, 11) is 0. The highest BCUT2D eigenvalue weighted by molar-refractivity contribution is 5.93. The third-order valence-electron chi connectivity index (χ3n) is 6.25. The van der Waals surface area contributed by atoms with Crippen LogP contribution in [0, 0.1) is 11.8 Å². The number of likely N-dealkylation sites (tertiary alicyclic amines) is 1. The van der Waals surface area contributed by atoms with E-state index in [1.165, 1.54) is 11.8 Å². The van der Waals surface area contributed by atoms with E-state index >= 15 is 0 Å². The Morgan fingerprint density at radius 2 is 1.62 bits per heavy atom. The first-order valence-corrected chi connectivity index (χ1v) is 12.1. The number of carbonyl (C=O) groups is 3. The van der Waals surface area contributed by atoms with E-state index in [0.29, 0.717) is 25.8 Å². The molecule has 34 heavy (non-hydrogen) atoms. The van der Waals surface area contributed by atoms with E-state index in [-0.39, 0.29) is 24.2 Å². The first-order chi connectivity index (χ1) is 15.5. The molecule has 0 unspecified atom stereocenters. The molecule has 0 aromatic rings. The highest BCUT2D eigenvalue weighted by atomic mass is 16.5. The van der Waals surface area contributed by atoms with Gasteiger partial charge in [0.05, 0.1) is 24.2 Å². The van der Waals surface area contributed by atoms with Crippen molar-refractivity contribution in [2.45, 2.75) is 103 Å². The zero-order valence-electron chi connectivity index (χ0n) is 21.4. The largest absolute Gasteiger partial charge is 0.394 e. The lowest BCUT2D eigenvalue weighted by molar-refractivity contribution is -0.234. The van der Waals surface area contributed by atoms with Crippen LogP contribution in [0.5, 0.6) is 0 Å². The summed E-state index contributed by atoms with van der Waals surface area (Å²) in [6.45, 7) is 10.0. The summed E-state index contributed by atoms with van der Waals surface area (Å²) in [5.74, 6) is -3.98. The summed E-state index contributed by atoms with van der Waals surface area (Å²) in [6, 6.07) is -3.62. The second-order valence-corrected chi connectivity index (χ2v) is 10.7. The van der Waals surface area contributed by atoms with E-state index in [1.54, 1.807) is 6.92 Å². The van der Waals surface area contributed by atoms with Gasteiger partial charge in [-0.1, -0.05) is 27.7 Å². The van der Waals surface area contributed by atoms with Crippen molar-refractivity contribution in [3.63, 3.8) is 0 Å². The number of aliphatic hydroxyl groups excluding tert-OH is 1. The Balaban J connectivity index is 3.11. The van der Waals surface area contributed by atoms with Crippen LogP contribution in [0.3, 0.4) is 0 Å². The van der Waals surface area contributed by atoms with Crippen molar-refractivity contribution in [3.8, 4) is 0 Å². The van der Waals surface area contributed by atoms with Gasteiger partial charge in [-0.25, -0.2) is 0 Å². The van der Waals surface area contributed by atoms with E-state index in [4.69, 9.17) is 11.5 Å². The summed E-state index contributed by atoms with van der Waals surface area (Å²) in [5.41, 5.74) is 9.82. The van der Waals surface area contributed by atoms with Gasteiger partial charge in [0.2, 0.25) is 23.5 Å². The van der Waals surface area contributed by atoms with Crippen LogP contribution in [0.25, 0.3) is 0 Å². The molecule has 1 heterocycles. The minimum Gasteiger partial charge on any atom is -0.394 e. The molecule has 11 heteroatoms. The molecule has 1 fully saturated rings. The Kier molecular flexibility index (Phi) is 10.9. The van der Waals surface area contributed by atoms with Gasteiger partial charge in [-0.3, -0.25) is 14.4 Å². The maximum atomic E-state index is 13.3. The molecule has 0 spiro atoms. The third-order valence-corrected chi connectivity index (χ3v) is 6.25. The third kappa shape index (κ3) is 7.61. The number of rotatable bonds is 12. The van der Waals surface area contributed by atoms with Crippen molar-refractivity contribution in [2.75, 3.05) is 13.2 Å². The fraction of sp³-hybridized carbons (Fsp3) is 0.870. The van der Waals surface area contributed by atoms with Gasteiger partial charge >= 0.3 is 0 Å². The molecule has 0 bridgehead atoms. The SMILES string of the molecule is CC(C)C[C@H](NC(=O)[C@@H]1CCCN1C(=O)[C@H](C)N)C(=O)N[C@@H](CC(C)C)C(O)(O)[C@@](C)(N)CO. The van der Waals surface area contributed by atoms with Crippen LogP contribution in [0.1, 0.15) is 67.2 Å². The molecule has 0 aromatic heterocycles. The van der Waals surface area contributed by atoms with Gasteiger partial charge in [0.1, 0.15) is 12.1 Å². The minimum atomic E-state index is -2.61. The van der Waals surface area contributed by atoms with E-state index in [2.05, 4.69) is 10.6 Å². The molecule has 0 aromatic carbocycles. The van der Waals surface area contributed by atoms with Crippen molar-refractivity contribution in [1.29, 1.82) is 0 Å². The summed E-state index contributed by atoms with van der Waals surface area (Å²) in [4.78, 5) is 40.2. The molecule has 9 N–H and O–H groups in total. The molecule has 3 amide bonds. The van der Waals surface area contributed by atoms with Crippen LogP contribution in [-0.4, -0.2) is 86.6 Å². The lowest BCUT2D eigenvalue weighted by Gasteiger charge is -2.43. The van der Waals surface area contributed by atoms with E-state index in [9.17, 15) is 29.7 Å². The molecule has 198 valence electrons. The molecular formula is C23H45N5O6. The number of amides is 3. The van der Waals surface area contributed by atoms with Gasteiger partial charge in [0, 0.05) is 6.54 Å². The Bertz CT molecular complexity index is 710. The highest BCUT2D eigenvalue weighted by Gasteiger charge is 2.50. The van der Waals surface area contributed by atoms with Crippen molar-refractivity contribution in [1.82, 2.24) is 15.5 Å². The van der Waals surface area contributed by atoms with E-state index in [1.807, 2.05) is 27.7 Å². The lowest BCUT2D eigenvalue weighted by Crippen LogP contribution is -2.71. The first kappa shape index (κ1) is 30.2. The average Bonchev–Trinajstić information content (AvgIpc) is 3.21. The maximum Gasteiger partial charge on any atom is 0.243 e. The fourth-order valence-electron chi connectivity index (χ4n) is 4.12. The predicted octanol–water partition coefficient (Wildman–Crippen LogP) is -1.22. The maximum absolute atomic E-state index is 13.3. The summed E-state index contributed by atoms with van der Waals surface area (Å²) in [6.07, 6.45) is 1.59. The zero-order chi connectivity index (χ0) is 26.4. The molecule has 1 saturated heterocycles. The van der Waals surface area contributed by atoms with Gasteiger partial charge < -0.3 is 42.3 Å². The summed E-state index contributed by atoms with van der Waals surface area (Å²) < 4.78 is 0. The van der Waals surface area contributed by atoms with Crippen molar-refractivity contribution in [2.24, 2.45) is 23.3 Å². The fourth-order valence-corrected chi connectivity index (χ4v) is 4.12. The topological polar surface area (TPSA) is 191 Å². The molecule has 0 saturated carbocycles. The van der Waals surface area contributed by atoms with Gasteiger partial charge in [0.15, 0.2) is 0 Å². The normalized spacial score (nSPS) is 21.2. The smallest absolute Gasteiger partial charge is 0.243 e. The lowest BCUT2D eigenvalue weighted by atomic mass is 9.83. The van der Waals surface area contributed by atoms with Crippen LogP contribution >= 0.6 is 0 Å². The quantitative estimate of drug-likeness (QED) is 0.166. The van der Waals surface area contributed by atoms with Crippen LogP contribution in [0.4, 0.5) is 0 Å². The van der Waals surface area contributed by atoms with Crippen LogP contribution in [-0.2, 0) is 14.4 Å². The number of nitrogens with two attached hydrogens (primary N) is 2. The van der Waals surface area contributed by atoms with Crippen LogP contribution < -0.4 is 22.1 Å². The van der Waals surface area contributed by atoms with Gasteiger partial charge in [0.25, 0.3) is 0 Å². The summed E-state index contributed by atoms with van der Waals surface area (Å²) >= 11 is 0. The molecular weight excluding hydrogens is 442 g/mol. The van der Waals surface area contributed by atoms with E-state index in [0.717, 1.165) is 0 Å². The Morgan fingerprint density at radius 1 is 1.06 bits per heavy atom. The standard InChI is InChI=1S/C23H45N5O6/c1-13(2)10-16(26-20(31)17-8-7-9-28(17)21(32)15(5)24)19(30)27-18(11-14(3)4)23(33,34)22(6,25)12-29/h13-18,29,33-34H,7-12,24-25H2,1-6H3,(H,26,31)(H,27,30)/t15-,16-,17-,18-,22-/m0/s1. The molecule has 5 atom stereocenters. The molecule has 0 aliphatic carbocycles. The van der Waals surface area contributed by atoms with Crippen molar-refractivity contribution in [3.05, 3.63) is 0 Å². The van der Waals surface area contributed by atoms with Gasteiger partial charge in [-0.2, -0.15) is 0 Å². The van der Waals surface area contributed by atoms with Gasteiger partial charge in [-0.15, -0.1) is 0 Å². The van der Waals surface area contributed by atoms with Gasteiger partial charge in [-0.05, 0) is 51.4 Å². The van der Waals surface area contributed by atoms with Crippen LogP contribution in [0.2, 0.25) is 0 Å². The Hall–Kier alpha value is -1.79. The number of hydrogen-bond acceptors (Lipinski definition) is 8. The molecule has 1 aliphatic rings. The number of carbonyl (C=O) groups excluding carboxylic acids is 3. The Morgan fingerprint density at radius 3 is 2.09 bits per heavy atom. The van der Waals surface area contributed by atoms with Crippen molar-refractivity contribution < 1.29 is 29.7 Å². The minimum absolute atomic E-state index is 0.0343. The second kappa shape index (κ2) is 12.3. The first-order valence-electron chi connectivity index (χ1n) is 12.1. The molecule has 1 aliphatic heterocycles. The molecule has 0 radical (unpaired) electrons. The Labute approximate surface area is 202 Å².